The van der Waals surface area contributed by atoms with Crippen LogP contribution >= 0.6 is 0 Å². The lowest BCUT2D eigenvalue weighted by Crippen LogP contribution is -2.50. The van der Waals surface area contributed by atoms with E-state index in [-0.39, 0.29) is 5.82 Å². The highest BCUT2D eigenvalue weighted by Gasteiger charge is 2.29. The number of carbonyl (C=O) groups is 1. The molecule has 3 fully saturated rings. The highest BCUT2D eigenvalue weighted by atomic mass is 19.1. The lowest BCUT2D eigenvalue weighted by atomic mass is 10.2. The van der Waals surface area contributed by atoms with Crippen LogP contribution in [0.4, 0.5) is 32.5 Å². The standard InChI is InChI=1S/C30H46FN9O3/c1-30(2,3)43-29(41)33-8-9-36-10-12-40(13-11-36)28-34-26(25(31)27(35-28)39-18-20-42-21-19-39)38-16-14-37(15-17-38)24-6-4-23(22-32)5-7-24/h4-7H,8-22,32H2,1-3H3,(H,33,41). The second-order valence-corrected chi connectivity index (χ2v) is 12.2. The third-order valence-electron chi connectivity index (χ3n) is 7.98. The average molecular weight is 600 g/mol. The minimum absolute atomic E-state index is 0.354. The Balaban J connectivity index is 1.24. The van der Waals surface area contributed by atoms with Gasteiger partial charge in [0.2, 0.25) is 11.8 Å². The summed E-state index contributed by atoms with van der Waals surface area (Å²) in [6.07, 6.45) is -0.403. The van der Waals surface area contributed by atoms with Gasteiger partial charge in [-0.05, 0) is 38.5 Å². The molecular weight excluding hydrogens is 553 g/mol. The van der Waals surface area contributed by atoms with Crippen LogP contribution in [0.2, 0.25) is 0 Å². The molecule has 1 amide bonds. The van der Waals surface area contributed by atoms with Crippen LogP contribution in [0.15, 0.2) is 24.3 Å². The molecule has 1 aromatic heterocycles. The molecule has 0 spiro atoms. The molecule has 3 aliphatic heterocycles. The summed E-state index contributed by atoms with van der Waals surface area (Å²) in [5, 5.41) is 2.83. The Morgan fingerprint density at radius 3 is 2.02 bits per heavy atom. The summed E-state index contributed by atoms with van der Waals surface area (Å²) in [5.74, 6) is 0.920. The minimum Gasteiger partial charge on any atom is -0.444 e. The number of aromatic nitrogens is 2. The Kier molecular flexibility index (Phi) is 10.0. The predicted molar refractivity (Wildman–Crippen MR) is 167 cm³/mol. The van der Waals surface area contributed by atoms with Gasteiger partial charge < -0.3 is 40.1 Å². The fraction of sp³-hybridized carbons (Fsp3) is 0.633. The number of hydrogen-bond donors (Lipinski definition) is 2. The summed E-state index contributed by atoms with van der Waals surface area (Å²) in [4.78, 5) is 32.3. The molecule has 0 atom stereocenters. The summed E-state index contributed by atoms with van der Waals surface area (Å²) >= 11 is 0. The van der Waals surface area contributed by atoms with Crippen LogP contribution < -0.4 is 30.7 Å². The zero-order valence-corrected chi connectivity index (χ0v) is 25.7. The van der Waals surface area contributed by atoms with E-state index in [4.69, 9.17) is 25.2 Å². The average Bonchev–Trinajstić information content (AvgIpc) is 3.01. The summed E-state index contributed by atoms with van der Waals surface area (Å²) in [6, 6.07) is 8.32. The first-order valence-electron chi connectivity index (χ1n) is 15.3. The molecule has 2 aromatic rings. The van der Waals surface area contributed by atoms with Crippen LogP contribution in [0.25, 0.3) is 0 Å². The predicted octanol–water partition coefficient (Wildman–Crippen LogP) is 1.88. The van der Waals surface area contributed by atoms with Crippen molar-refractivity contribution in [2.75, 3.05) is 111 Å². The van der Waals surface area contributed by atoms with Gasteiger partial charge in [-0.25, -0.2) is 4.79 Å². The molecule has 0 radical (unpaired) electrons. The molecule has 13 heteroatoms. The largest absolute Gasteiger partial charge is 0.444 e. The number of carbonyl (C=O) groups excluding carboxylic acids is 1. The molecule has 12 nitrogen and oxygen atoms in total. The normalized spacial score (nSPS) is 18.6. The van der Waals surface area contributed by atoms with E-state index in [2.05, 4.69) is 44.3 Å². The highest BCUT2D eigenvalue weighted by Crippen LogP contribution is 2.30. The molecule has 0 saturated carbocycles. The highest BCUT2D eigenvalue weighted by molar-refractivity contribution is 5.67. The van der Waals surface area contributed by atoms with Crippen LogP contribution in [0.3, 0.4) is 0 Å². The third-order valence-corrected chi connectivity index (χ3v) is 7.98. The molecule has 236 valence electrons. The molecule has 4 heterocycles. The number of halogens is 1. The van der Waals surface area contributed by atoms with Gasteiger partial charge in [-0.15, -0.1) is 0 Å². The second kappa shape index (κ2) is 13.9. The van der Waals surface area contributed by atoms with Crippen molar-refractivity contribution in [3.63, 3.8) is 0 Å². The van der Waals surface area contributed by atoms with Crippen LogP contribution in [0, 0.1) is 5.82 Å². The Morgan fingerprint density at radius 2 is 1.44 bits per heavy atom. The number of nitrogens with zero attached hydrogens (tertiary/aromatic N) is 7. The van der Waals surface area contributed by atoms with Gasteiger partial charge in [-0.1, -0.05) is 12.1 Å². The fourth-order valence-electron chi connectivity index (χ4n) is 5.57. The number of alkyl carbamates (subject to hydrolysis) is 1. The van der Waals surface area contributed by atoms with E-state index < -0.39 is 11.7 Å². The van der Waals surface area contributed by atoms with Crippen molar-refractivity contribution in [2.24, 2.45) is 5.73 Å². The van der Waals surface area contributed by atoms with E-state index in [0.717, 1.165) is 44.0 Å². The molecule has 3 N–H and O–H groups in total. The number of hydrogen-bond acceptors (Lipinski definition) is 11. The van der Waals surface area contributed by atoms with E-state index in [9.17, 15) is 4.79 Å². The molecule has 5 rings (SSSR count). The molecule has 1 aromatic carbocycles. The van der Waals surface area contributed by atoms with Gasteiger partial charge in [0.25, 0.3) is 0 Å². The summed E-state index contributed by atoms with van der Waals surface area (Å²) < 4.78 is 27.0. The third kappa shape index (κ3) is 8.15. The number of ether oxygens (including phenoxy) is 2. The lowest BCUT2D eigenvalue weighted by Gasteiger charge is -2.39. The van der Waals surface area contributed by atoms with Gasteiger partial charge in [0.15, 0.2) is 11.6 Å². The molecule has 43 heavy (non-hydrogen) atoms. The van der Waals surface area contributed by atoms with Crippen molar-refractivity contribution in [1.82, 2.24) is 20.2 Å². The van der Waals surface area contributed by atoms with Crippen LogP contribution in [-0.4, -0.2) is 118 Å². The number of nitrogens with two attached hydrogens (primary N) is 1. The van der Waals surface area contributed by atoms with E-state index >= 15 is 4.39 Å². The van der Waals surface area contributed by atoms with Crippen LogP contribution in [-0.2, 0) is 16.0 Å². The molecule has 0 bridgehead atoms. The number of anilines is 4. The first kappa shape index (κ1) is 31.0. The topological polar surface area (TPSA) is 116 Å². The Labute approximate surface area is 253 Å². The van der Waals surface area contributed by atoms with Crippen molar-refractivity contribution < 1.29 is 18.7 Å². The number of amides is 1. The number of piperazine rings is 2. The first-order chi connectivity index (χ1) is 20.7. The zero-order valence-electron chi connectivity index (χ0n) is 25.7. The van der Waals surface area contributed by atoms with Crippen molar-refractivity contribution in [2.45, 2.75) is 32.9 Å². The number of nitrogens with one attached hydrogen (secondary N) is 1. The monoisotopic (exact) mass is 599 g/mol. The number of benzene rings is 1. The fourth-order valence-corrected chi connectivity index (χ4v) is 5.57. The van der Waals surface area contributed by atoms with Crippen molar-refractivity contribution in [3.05, 3.63) is 35.6 Å². The summed E-state index contributed by atoms with van der Waals surface area (Å²) in [7, 11) is 0. The summed E-state index contributed by atoms with van der Waals surface area (Å²) in [5.41, 5.74) is 7.49. The first-order valence-corrected chi connectivity index (χ1v) is 15.3. The number of morpholine rings is 1. The van der Waals surface area contributed by atoms with Gasteiger partial charge >= 0.3 is 6.09 Å². The maximum absolute atomic E-state index is 16.1. The van der Waals surface area contributed by atoms with Crippen LogP contribution in [0.5, 0.6) is 0 Å². The second-order valence-electron chi connectivity index (χ2n) is 12.2. The molecule has 3 aliphatic rings. The van der Waals surface area contributed by atoms with Gasteiger partial charge in [0.1, 0.15) is 5.60 Å². The van der Waals surface area contributed by atoms with E-state index in [1.54, 1.807) is 0 Å². The summed E-state index contributed by atoms with van der Waals surface area (Å²) in [6.45, 7) is 15.5. The molecular formula is C30H46FN9O3. The van der Waals surface area contributed by atoms with Gasteiger partial charge in [-0.3, -0.25) is 4.90 Å². The Bertz CT molecular complexity index is 1200. The van der Waals surface area contributed by atoms with E-state index in [0.29, 0.717) is 83.2 Å². The van der Waals surface area contributed by atoms with Crippen molar-refractivity contribution in [3.8, 4) is 0 Å². The van der Waals surface area contributed by atoms with Gasteiger partial charge in [0, 0.05) is 90.8 Å². The minimum atomic E-state index is -0.520. The maximum Gasteiger partial charge on any atom is 0.407 e. The lowest BCUT2D eigenvalue weighted by molar-refractivity contribution is 0.0521. The SMILES string of the molecule is CC(C)(C)OC(=O)NCCN1CCN(c2nc(N3CCOCC3)c(F)c(N3CCN(c4ccc(CN)cc4)CC3)n2)CC1. The molecule has 0 aliphatic carbocycles. The van der Waals surface area contributed by atoms with E-state index in [1.807, 2.05) is 30.6 Å². The molecule has 3 saturated heterocycles. The van der Waals surface area contributed by atoms with Crippen molar-refractivity contribution >= 4 is 29.4 Å². The molecule has 0 unspecified atom stereocenters. The smallest absolute Gasteiger partial charge is 0.407 e. The van der Waals surface area contributed by atoms with E-state index in [1.165, 1.54) is 0 Å². The van der Waals surface area contributed by atoms with Crippen molar-refractivity contribution in [1.29, 1.82) is 0 Å². The van der Waals surface area contributed by atoms with Gasteiger partial charge in [-0.2, -0.15) is 14.4 Å². The zero-order chi connectivity index (χ0) is 30.4. The Morgan fingerprint density at radius 1 is 0.884 bits per heavy atom. The number of rotatable bonds is 8. The Hall–Kier alpha value is -3.42. The quantitative estimate of drug-likeness (QED) is 0.464. The van der Waals surface area contributed by atoms with Gasteiger partial charge in [0.05, 0.1) is 13.2 Å². The van der Waals surface area contributed by atoms with Crippen LogP contribution in [0.1, 0.15) is 26.3 Å². The maximum atomic E-state index is 16.1.